The Kier molecular flexibility index (Phi) is 4.49. The summed E-state index contributed by atoms with van der Waals surface area (Å²) in [6, 6.07) is 16.7. The number of thiocarbonyl (C=S) groups is 1. The number of hydrazone groups is 1. The van der Waals surface area contributed by atoms with Crippen molar-refractivity contribution in [3.05, 3.63) is 59.7 Å². The van der Waals surface area contributed by atoms with Crippen molar-refractivity contribution in [3.63, 3.8) is 0 Å². The van der Waals surface area contributed by atoms with Crippen molar-refractivity contribution in [1.29, 1.82) is 0 Å². The maximum atomic E-state index is 5.27. The molecular formula is C18H19N3S. The maximum absolute atomic E-state index is 5.27. The molecule has 2 N–H and O–H groups in total. The summed E-state index contributed by atoms with van der Waals surface area (Å²) < 4.78 is 0. The molecule has 0 spiro atoms. The third-order valence-corrected chi connectivity index (χ3v) is 3.98. The van der Waals surface area contributed by atoms with Crippen LogP contribution in [0.4, 0.5) is 0 Å². The molecule has 0 aliphatic heterocycles. The Balaban J connectivity index is 1.84. The van der Waals surface area contributed by atoms with Gasteiger partial charge in [0.25, 0.3) is 0 Å². The largest absolute Gasteiger partial charge is 0.361 e. The minimum absolute atomic E-state index is 0.572. The second-order valence-corrected chi connectivity index (χ2v) is 5.68. The average Bonchev–Trinajstić information content (AvgIpc) is 2.87. The van der Waals surface area contributed by atoms with Crippen LogP contribution in [0.3, 0.4) is 0 Å². The molecule has 112 valence electrons. The summed E-state index contributed by atoms with van der Waals surface area (Å²) in [5.74, 6) is 0. The number of rotatable bonds is 4. The first-order valence-corrected chi connectivity index (χ1v) is 8.02. The summed E-state index contributed by atoms with van der Waals surface area (Å²) in [6.07, 6.45) is 2.24. The van der Waals surface area contributed by atoms with Crippen LogP contribution >= 0.6 is 12.2 Å². The molecule has 0 fully saturated rings. The average molecular weight is 309 g/mol. The number of unbranched alkanes of at least 4 members (excludes halogenated alkanes) is 1. The molecule has 3 rings (SSSR count). The standard InChI is InChI=1S/C18H19N3S/c1-2-3-12-19-18(22)21-20-17-15-10-6-4-8-13(15)14-9-5-7-11-16(14)17/h4-11H,2-3,12H2,1H3,(H2,19,21,22). The van der Waals surface area contributed by atoms with Crippen LogP contribution in [0.25, 0.3) is 11.1 Å². The quantitative estimate of drug-likeness (QED) is 0.438. The maximum Gasteiger partial charge on any atom is 0.186 e. The van der Waals surface area contributed by atoms with Gasteiger partial charge in [-0.05, 0) is 29.8 Å². The number of fused-ring (bicyclic) bond motifs is 3. The van der Waals surface area contributed by atoms with Crippen LogP contribution in [0.5, 0.6) is 0 Å². The first-order chi connectivity index (χ1) is 10.8. The lowest BCUT2D eigenvalue weighted by atomic mass is 10.1. The first-order valence-electron chi connectivity index (χ1n) is 7.62. The Morgan fingerprint density at radius 2 is 1.50 bits per heavy atom. The van der Waals surface area contributed by atoms with Gasteiger partial charge in [0.2, 0.25) is 0 Å². The number of hydrogen-bond acceptors (Lipinski definition) is 2. The SMILES string of the molecule is CCCCNC(=S)NN=C1c2ccccc2-c2ccccc21. The van der Waals surface area contributed by atoms with E-state index >= 15 is 0 Å². The normalized spacial score (nSPS) is 11.6. The lowest BCUT2D eigenvalue weighted by Gasteiger charge is -2.07. The molecule has 0 radical (unpaired) electrons. The Morgan fingerprint density at radius 1 is 0.955 bits per heavy atom. The third kappa shape index (κ3) is 2.88. The van der Waals surface area contributed by atoms with Crippen LogP contribution in [0.2, 0.25) is 0 Å². The molecule has 0 saturated carbocycles. The minimum Gasteiger partial charge on any atom is -0.361 e. The molecule has 0 atom stereocenters. The first kappa shape index (κ1) is 14.7. The number of nitrogens with one attached hydrogen (secondary N) is 2. The van der Waals surface area contributed by atoms with Crippen LogP contribution in [0, 0.1) is 0 Å². The fourth-order valence-corrected chi connectivity index (χ4v) is 2.79. The molecular weight excluding hydrogens is 290 g/mol. The molecule has 0 bridgehead atoms. The van der Waals surface area contributed by atoms with Crippen molar-refractivity contribution in [2.75, 3.05) is 6.54 Å². The highest BCUT2D eigenvalue weighted by Gasteiger charge is 2.23. The zero-order valence-electron chi connectivity index (χ0n) is 12.6. The zero-order chi connectivity index (χ0) is 15.4. The van der Waals surface area contributed by atoms with E-state index in [-0.39, 0.29) is 0 Å². The Bertz CT molecular complexity index is 674. The predicted octanol–water partition coefficient (Wildman–Crippen LogP) is 3.68. The van der Waals surface area contributed by atoms with Crippen LogP contribution < -0.4 is 10.7 Å². The van der Waals surface area contributed by atoms with E-state index < -0.39 is 0 Å². The van der Waals surface area contributed by atoms with Gasteiger partial charge in [0, 0.05) is 17.7 Å². The van der Waals surface area contributed by atoms with E-state index in [0.29, 0.717) is 5.11 Å². The fraction of sp³-hybridized carbons (Fsp3) is 0.222. The molecule has 0 aromatic heterocycles. The van der Waals surface area contributed by atoms with Gasteiger partial charge in [-0.15, -0.1) is 0 Å². The minimum atomic E-state index is 0.572. The van der Waals surface area contributed by atoms with Crippen molar-refractivity contribution in [2.45, 2.75) is 19.8 Å². The monoisotopic (exact) mass is 309 g/mol. The van der Waals surface area contributed by atoms with Crippen molar-refractivity contribution < 1.29 is 0 Å². The summed E-state index contributed by atoms with van der Waals surface area (Å²) >= 11 is 5.27. The second-order valence-electron chi connectivity index (χ2n) is 5.27. The lowest BCUT2D eigenvalue weighted by molar-refractivity contribution is 0.745. The van der Waals surface area contributed by atoms with Gasteiger partial charge in [0.05, 0.1) is 5.71 Å². The molecule has 3 nitrogen and oxygen atoms in total. The van der Waals surface area contributed by atoms with Crippen LogP contribution in [0.1, 0.15) is 30.9 Å². The smallest absolute Gasteiger partial charge is 0.186 e. The second kappa shape index (κ2) is 6.71. The molecule has 22 heavy (non-hydrogen) atoms. The van der Waals surface area contributed by atoms with Gasteiger partial charge in [-0.3, -0.25) is 5.43 Å². The highest BCUT2D eigenvalue weighted by Crippen LogP contribution is 2.36. The highest BCUT2D eigenvalue weighted by molar-refractivity contribution is 7.80. The summed E-state index contributed by atoms with van der Waals surface area (Å²) in [5, 5.41) is 8.29. The van der Waals surface area contributed by atoms with Crippen LogP contribution in [-0.4, -0.2) is 17.4 Å². The summed E-state index contributed by atoms with van der Waals surface area (Å²) in [4.78, 5) is 0. The third-order valence-electron chi connectivity index (χ3n) is 3.74. The molecule has 2 aromatic carbocycles. The number of nitrogens with zero attached hydrogens (tertiary/aromatic N) is 1. The van der Waals surface area contributed by atoms with Gasteiger partial charge < -0.3 is 5.32 Å². The molecule has 0 unspecified atom stereocenters. The van der Waals surface area contributed by atoms with E-state index in [2.05, 4.69) is 59.2 Å². The van der Waals surface area contributed by atoms with Gasteiger partial charge >= 0.3 is 0 Å². The van der Waals surface area contributed by atoms with Gasteiger partial charge in [0.1, 0.15) is 0 Å². The van der Waals surface area contributed by atoms with Gasteiger partial charge in [-0.25, -0.2) is 0 Å². The zero-order valence-corrected chi connectivity index (χ0v) is 13.4. The summed E-state index contributed by atoms with van der Waals surface area (Å²) in [7, 11) is 0. The van der Waals surface area contributed by atoms with Gasteiger partial charge in [0.15, 0.2) is 5.11 Å². The van der Waals surface area contributed by atoms with Crippen LogP contribution in [0.15, 0.2) is 53.6 Å². The molecule has 0 amide bonds. The lowest BCUT2D eigenvalue weighted by Crippen LogP contribution is -2.33. The van der Waals surface area contributed by atoms with E-state index in [1.54, 1.807) is 0 Å². The van der Waals surface area contributed by atoms with Crippen LogP contribution in [-0.2, 0) is 0 Å². The summed E-state index contributed by atoms with van der Waals surface area (Å²) in [6.45, 7) is 3.03. The Labute approximate surface area is 136 Å². The molecule has 4 heteroatoms. The van der Waals surface area contributed by atoms with E-state index in [4.69, 9.17) is 12.2 Å². The Hall–Kier alpha value is -2.20. The molecule has 0 heterocycles. The molecule has 1 aliphatic carbocycles. The Morgan fingerprint density at radius 3 is 2.05 bits per heavy atom. The van der Waals surface area contributed by atoms with E-state index in [1.165, 1.54) is 11.1 Å². The van der Waals surface area contributed by atoms with E-state index in [0.717, 1.165) is 36.2 Å². The van der Waals surface area contributed by atoms with Gasteiger partial charge in [-0.1, -0.05) is 61.9 Å². The fourth-order valence-electron chi connectivity index (χ4n) is 2.64. The van der Waals surface area contributed by atoms with E-state index in [1.807, 2.05) is 12.1 Å². The van der Waals surface area contributed by atoms with Crippen molar-refractivity contribution in [3.8, 4) is 11.1 Å². The molecule has 2 aromatic rings. The van der Waals surface area contributed by atoms with Crippen molar-refractivity contribution in [1.82, 2.24) is 10.7 Å². The predicted molar refractivity (Wildman–Crippen MR) is 96.2 cm³/mol. The molecule has 0 saturated heterocycles. The topological polar surface area (TPSA) is 36.4 Å². The number of hydrogen-bond donors (Lipinski definition) is 2. The van der Waals surface area contributed by atoms with Crippen molar-refractivity contribution >= 4 is 23.0 Å². The van der Waals surface area contributed by atoms with Gasteiger partial charge in [-0.2, -0.15) is 5.10 Å². The van der Waals surface area contributed by atoms with E-state index in [9.17, 15) is 0 Å². The number of benzene rings is 2. The summed E-state index contributed by atoms with van der Waals surface area (Å²) in [5.41, 5.74) is 8.67. The highest BCUT2D eigenvalue weighted by atomic mass is 32.1. The van der Waals surface area contributed by atoms with Crippen molar-refractivity contribution in [2.24, 2.45) is 5.10 Å². The molecule has 1 aliphatic rings.